The molecular weight excluding hydrogens is 394 g/mol. The predicted molar refractivity (Wildman–Crippen MR) is 113 cm³/mol. The lowest BCUT2D eigenvalue weighted by Crippen LogP contribution is -2.43. The Bertz CT molecular complexity index is 919. The van der Waals surface area contributed by atoms with Crippen LogP contribution in [0.5, 0.6) is 0 Å². The minimum absolute atomic E-state index is 0.0565. The van der Waals surface area contributed by atoms with E-state index in [0.717, 1.165) is 24.3 Å². The first-order valence-corrected chi connectivity index (χ1v) is 10.5. The summed E-state index contributed by atoms with van der Waals surface area (Å²) >= 11 is 7.67. The first kappa shape index (κ1) is 19.2. The van der Waals surface area contributed by atoms with Gasteiger partial charge in [-0.05, 0) is 41.3 Å². The van der Waals surface area contributed by atoms with Crippen molar-refractivity contribution in [3.05, 3.63) is 75.7 Å². The topological polar surface area (TPSA) is 46.5 Å². The van der Waals surface area contributed by atoms with Gasteiger partial charge in [-0.3, -0.25) is 9.69 Å². The van der Waals surface area contributed by atoms with Crippen LogP contribution in [0.15, 0.2) is 60.2 Å². The second-order valence-electron chi connectivity index (χ2n) is 6.65. The van der Waals surface area contributed by atoms with Crippen molar-refractivity contribution in [1.82, 2.24) is 14.8 Å². The summed E-state index contributed by atoms with van der Waals surface area (Å²) < 4.78 is 7.46. The first-order valence-electron chi connectivity index (χ1n) is 9.28. The summed E-state index contributed by atoms with van der Waals surface area (Å²) in [5.74, 6) is -0.0565. The van der Waals surface area contributed by atoms with Crippen LogP contribution in [0, 0.1) is 0 Å². The molecule has 1 aliphatic rings. The second-order valence-corrected chi connectivity index (χ2v) is 8.01. The van der Waals surface area contributed by atoms with Gasteiger partial charge in [-0.1, -0.05) is 23.7 Å². The highest BCUT2D eigenvalue weighted by Crippen LogP contribution is 2.25. The average molecular weight is 416 g/mol. The van der Waals surface area contributed by atoms with Crippen molar-refractivity contribution >= 4 is 28.8 Å². The molecule has 4 rings (SSSR count). The molecule has 1 atom stereocenters. The summed E-state index contributed by atoms with van der Waals surface area (Å²) in [6, 6.07) is 13.8. The van der Waals surface area contributed by atoms with Gasteiger partial charge in [0.15, 0.2) is 0 Å². The number of nitrogens with zero attached hydrogens (tertiary/aromatic N) is 2. The zero-order chi connectivity index (χ0) is 19.3. The lowest BCUT2D eigenvalue weighted by Gasteiger charge is -2.35. The van der Waals surface area contributed by atoms with Crippen molar-refractivity contribution in [3.63, 3.8) is 0 Å². The minimum atomic E-state index is -0.0565. The molecule has 1 aromatic carbocycles. The molecule has 1 unspecified atom stereocenters. The third-order valence-corrected chi connectivity index (χ3v) is 6.05. The third kappa shape index (κ3) is 4.31. The molecular formula is C21H22ClN3O2S. The molecule has 2 aromatic heterocycles. The highest BCUT2D eigenvalue weighted by molar-refractivity contribution is 7.12. The van der Waals surface area contributed by atoms with Gasteiger partial charge in [0.1, 0.15) is 4.88 Å². The van der Waals surface area contributed by atoms with Gasteiger partial charge >= 0.3 is 0 Å². The highest BCUT2D eigenvalue weighted by Gasteiger charge is 2.24. The molecule has 0 radical (unpaired) electrons. The fourth-order valence-electron chi connectivity index (χ4n) is 3.50. The molecule has 1 N–H and O–H groups in total. The normalized spacial score (nSPS) is 16.0. The van der Waals surface area contributed by atoms with Crippen LogP contribution in [-0.2, 0) is 4.74 Å². The van der Waals surface area contributed by atoms with Crippen molar-refractivity contribution in [2.24, 2.45) is 0 Å². The van der Waals surface area contributed by atoms with Gasteiger partial charge in [0, 0.05) is 37.1 Å². The number of benzene rings is 1. The molecule has 0 bridgehead atoms. The molecule has 1 fully saturated rings. The number of ether oxygens (including phenoxy) is 1. The molecule has 1 saturated heterocycles. The van der Waals surface area contributed by atoms with Crippen LogP contribution in [0.4, 0.5) is 0 Å². The Hall–Kier alpha value is -2.12. The maximum Gasteiger partial charge on any atom is 0.263 e. The van der Waals surface area contributed by atoms with E-state index in [0.29, 0.717) is 29.7 Å². The Kier molecular flexibility index (Phi) is 6.12. The van der Waals surface area contributed by atoms with Crippen LogP contribution in [0.1, 0.15) is 21.3 Å². The number of thiophene rings is 1. The predicted octanol–water partition coefficient (Wildman–Crippen LogP) is 4.00. The second kappa shape index (κ2) is 8.92. The molecule has 0 aliphatic carbocycles. The largest absolute Gasteiger partial charge is 0.379 e. The number of nitrogens with one attached hydrogen (secondary N) is 1. The minimum Gasteiger partial charge on any atom is -0.379 e. The number of hydrogen-bond acceptors (Lipinski definition) is 4. The summed E-state index contributed by atoms with van der Waals surface area (Å²) in [4.78, 5) is 16.0. The fourth-order valence-corrected chi connectivity index (χ4v) is 4.51. The number of carbonyl (C=O) groups excluding carboxylic acids is 1. The molecule has 1 aliphatic heterocycles. The van der Waals surface area contributed by atoms with Gasteiger partial charge in [-0.2, -0.15) is 0 Å². The van der Waals surface area contributed by atoms with Gasteiger partial charge in [0.25, 0.3) is 5.91 Å². The summed E-state index contributed by atoms with van der Waals surface area (Å²) in [6.45, 7) is 3.59. The van der Waals surface area contributed by atoms with Crippen LogP contribution < -0.4 is 5.32 Å². The van der Waals surface area contributed by atoms with E-state index in [2.05, 4.69) is 16.3 Å². The van der Waals surface area contributed by atoms with E-state index in [1.165, 1.54) is 11.3 Å². The number of halogens is 1. The Balaban J connectivity index is 1.51. The van der Waals surface area contributed by atoms with Gasteiger partial charge < -0.3 is 14.6 Å². The number of carbonyl (C=O) groups is 1. The lowest BCUT2D eigenvalue weighted by atomic mass is 10.0. The van der Waals surface area contributed by atoms with Crippen LogP contribution in [0.25, 0.3) is 5.69 Å². The van der Waals surface area contributed by atoms with Gasteiger partial charge in [-0.15, -0.1) is 11.3 Å². The van der Waals surface area contributed by atoms with E-state index in [1.807, 2.05) is 58.7 Å². The molecule has 7 heteroatoms. The van der Waals surface area contributed by atoms with Crippen LogP contribution in [0.2, 0.25) is 5.02 Å². The number of aromatic nitrogens is 1. The molecule has 3 heterocycles. The summed E-state index contributed by atoms with van der Waals surface area (Å²) in [5.41, 5.74) is 2.00. The van der Waals surface area contributed by atoms with Crippen molar-refractivity contribution in [2.45, 2.75) is 6.04 Å². The summed E-state index contributed by atoms with van der Waals surface area (Å²) in [5, 5.41) is 5.78. The highest BCUT2D eigenvalue weighted by atomic mass is 35.5. The average Bonchev–Trinajstić information content (AvgIpc) is 3.40. The van der Waals surface area contributed by atoms with Crippen molar-refractivity contribution in [2.75, 3.05) is 32.8 Å². The molecule has 0 spiro atoms. The van der Waals surface area contributed by atoms with E-state index in [4.69, 9.17) is 16.3 Å². The van der Waals surface area contributed by atoms with Crippen molar-refractivity contribution in [1.29, 1.82) is 0 Å². The van der Waals surface area contributed by atoms with Gasteiger partial charge in [0.2, 0.25) is 0 Å². The Labute approximate surface area is 173 Å². The molecule has 3 aromatic rings. The smallest absolute Gasteiger partial charge is 0.263 e. The van der Waals surface area contributed by atoms with Crippen molar-refractivity contribution < 1.29 is 9.53 Å². The number of hydrogen-bond donors (Lipinski definition) is 1. The molecule has 0 saturated carbocycles. The van der Waals surface area contributed by atoms with E-state index >= 15 is 0 Å². The Morgan fingerprint density at radius 3 is 2.71 bits per heavy atom. The quantitative estimate of drug-likeness (QED) is 0.662. The van der Waals surface area contributed by atoms with Crippen molar-refractivity contribution in [3.8, 4) is 5.69 Å². The SMILES string of the molecule is O=C(NCC(c1cccc(Cl)c1)N1CCOCC1)c1sccc1-n1cccc1. The van der Waals surface area contributed by atoms with E-state index < -0.39 is 0 Å². The summed E-state index contributed by atoms with van der Waals surface area (Å²) in [6.07, 6.45) is 3.89. The fraction of sp³-hybridized carbons (Fsp3) is 0.286. The van der Waals surface area contributed by atoms with E-state index in [-0.39, 0.29) is 11.9 Å². The first-order chi connectivity index (χ1) is 13.7. The number of amides is 1. The van der Waals surface area contributed by atoms with Crippen LogP contribution >= 0.6 is 22.9 Å². The van der Waals surface area contributed by atoms with E-state index in [9.17, 15) is 4.79 Å². The van der Waals surface area contributed by atoms with Gasteiger partial charge in [0.05, 0.1) is 24.9 Å². The zero-order valence-electron chi connectivity index (χ0n) is 15.4. The number of rotatable bonds is 6. The summed E-state index contributed by atoms with van der Waals surface area (Å²) in [7, 11) is 0. The molecule has 146 valence electrons. The standard InChI is InChI=1S/C21H22ClN3O2S/c22-17-5-3-4-16(14-17)19(25-9-11-27-12-10-25)15-23-21(26)20-18(6-13-28-20)24-7-1-2-8-24/h1-8,13-14,19H,9-12,15H2,(H,23,26). The van der Waals surface area contributed by atoms with Gasteiger partial charge in [-0.25, -0.2) is 0 Å². The van der Waals surface area contributed by atoms with Crippen LogP contribution in [0.3, 0.4) is 0 Å². The zero-order valence-corrected chi connectivity index (χ0v) is 17.0. The third-order valence-electron chi connectivity index (χ3n) is 4.91. The molecule has 5 nitrogen and oxygen atoms in total. The lowest BCUT2D eigenvalue weighted by molar-refractivity contribution is 0.0162. The number of morpholine rings is 1. The van der Waals surface area contributed by atoms with Crippen LogP contribution in [-0.4, -0.2) is 48.2 Å². The monoisotopic (exact) mass is 415 g/mol. The maximum absolute atomic E-state index is 12.9. The molecule has 1 amide bonds. The Morgan fingerprint density at radius 2 is 1.96 bits per heavy atom. The Morgan fingerprint density at radius 1 is 1.18 bits per heavy atom. The maximum atomic E-state index is 12.9. The molecule has 28 heavy (non-hydrogen) atoms. The van der Waals surface area contributed by atoms with E-state index in [1.54, 1.807) is 0 Å².